The van der Waals surface area contributed by atoms with E-state index >= 15 is 0 Å². The van der Waals surface area contributed by atoms with E-state index in [0.717, 1.165) is 72.5 Å². The SMILES string of the molecule is Cc1cc2c(cc1C)N(c1cc(C(C)(C)c3ccccc3)cc(C(C)(C)c3ccccc3)c1)[CH-]N2c1[c-]c(B(c2[c-]c3c(cc2)c2ccccc2n3-c2cc(C(C)(C)C)ccn2)c2ccccc2)cc(-c2ccccc2)c1.[Pt]. The average molecular weight is 1190 g/mol. The van der Waals surface area contributed by atoms with Crippen LogP contribution in [0.2, 0.25) is 0 Å². The van der Waals surface area contributed by atoms with Crippen LogP contribution >= 0.6 is 0 Å². The summed E-state index contributed by atoms with van der Waals surface area (Å²) in [6.07, 6.45) is 1.95. The Morgan fingerprint density at radius 3 is 1.64 bits per heavy atom. The topological polar surface area (TPSA) is 24.3 Å². The van der Waals surface area contributed by atoms with Gasteiger partial charge in [0.2, 0.25) is 0 Å². The standard InChI is InChI=1S/C72H64BN4.Pt/c1-49-38-67-68(39-50(49)2)76(62-43-56(71(6,7)53-26-16-11-17-27-53)42-57(44-62)72(8,9)54-28-18-12-19-29-54)48-75(67)61-41-52(51-24-14-10-15-25-51)40-60(46-61)73(58-30-20-13-21-31-58)59-34-35-64-63-32-22-23-33-65(63)77(66(64)47-59)69-45-55(36-37-74-69)70(3,4)5;/h10-45,48H,1-9H3;/q-3;. The summed E-state index contributed by atoms with van der Waals surface area (Å²) in [5.74, 6) is 0.886. The Morgan fingerprint density at radius 1 is 0.462 bits per heavy atom. The summed E-state index contributed by atoms with van der Waals surface area (Å²) in [6.45, 7) is 22.7. The smallest absolute Gasteiger partial charge is 0.191 e. The second-order valence-electron chi connectivity index (χ2n) is 23.1. The van der Waals surface area contributed by atoms with Crippen molar-refractivity contribution in [2.75, 3.05) is 9.80 Å². The van der Waals surface area contributed by atoms with Crippen molar-refractivity contribution in [1.29, 1.82) is 0 Å². The van der Waals surface area contributed by atoms with Crippen LogP contribution in [0.4, 0.5) is 22.7 Å². The zero-order valence-corrected chi connectivity index (χ0v) is 48.3. The molecule has 0 atom stereocenters. The van der Waals surface area contributed by atoms with Gasteiger partial charge in [-0.05, 0) is 112 Å². The van der Waals surface area contributed by atoms with Gasteiger partial charge in [-0.15, -0.1) is 29.4 Å². The monoisotopic (exact) mass is 1190 g/mol. The van der Waals surface area contributed by atoms with Crippen molar-refractivity contribution in [3.05, 3.63) is 276 Å². The van der Waals surface area contributed by atoms with Gasteiger partial charge in [-0.3, -0.25) is 0 Å². The quantitative estimate of drug-likeness (QED) is 0.0953. The minimum atomic E-state index is -0.287. The normalized spacial score (nSPS) is 12.7. The number of benzene rings is 9. The van der Waals surface area contributed by atoms with Crippen LogP contribution in [0.15, 0.2) is 219 Å². The van der Waals surface area contributed by atoms with E-state index in [1.54, 1.807) is 0 Å². The molecule has 1 aliphatic heterocycles. The molecule has 12 rings (SSSR count). The van der Waals surface area contributed by atoms with Crippen LogP contribution in [0.3, 0.4) is 0 Å². The van der Waals surface area contributed by atoms with Gasteiger partial charge in [0, 0.05) is 60.7 Å². The van der Waals surface area contributed by atoms with Gasteiger partial charge in [0.1, 0.15) is 5.82 Å². The van der Waals surface area contributed by atoms with Crippen molar-refractivity contribution in [3.8, 4) is 16.9 Å². The van der Waals surface area contributed by atoms with E-state index in [1.807, 2.05) is 6.20 Å². The molecule has 0 aliphatic carbocycles. The van der Waals surface area contributed by atoms with Gasteiger partial charge in [0.25, 0.3) is 0 Å². The van der Waals surface area contributed by atoms with Crippen molar-refractivity contribution in [2.24, 2.45) is 0 Å². The molecule has 0 radical (unpaired) electrons. The van der Waals surface area contributed by atoms with Crippen LogP contribution in [0.5, 0.6) is 0 Å². The van der Waals surface area contributed by atoms with Gasteiger partial charge in [-0.1, -0.05) is 205 Å². The largest absolute Gasteiger partial charge is 0.493 e. The van der Waals surface area contributed by atoms with Gasteiger partial charge >= 0.3 is 0 Å². The fourth-order valence-electron chi connectivity index (χ4n) is 11.5. The fraction of sp³-hybridized carbons (Fsp3) is 0.167. The predicted molar refractivity (Wildman–Crippen MR) is 326 cm³/mol. The van der Waals surface area contributed by atoms with Crippen molar-refractivity contribution in [2.45, 2.75) is 78.6 Å². The van der Waals surface area contributed by atoms with Crippen LogP contribution < -0.4 is 26.2 Å². The molecule has 0 saturated heterocycles. The number of fused-ring (bicyclic) bond motifs is 4. The maximum Gasteiger partial charge on any atom is 0.191 e. The first-order valence-corrected chi connectivity index (χ1v) is 27.1. The molecular formula is C72H64BN4Pt-3. The van der Waals surface area contributed by atoms with Crippen molar-refractivity contribution in [1.82, 2.24) is 9.55 Å². The number of rotatable bonds is 11. The summed E-state index contributed by atoms with van der Waals surface area (Å²) in [7, 11) is 0. The average Bonchev–Trinajstić information content (AvgIpc) is 4.07. The van der Waals surface area contributed by atoms with Crippen LogP contribution in [0, 0.1) is 32.6 Å². The Bertz CT molecular complexity index is 3900. The molecule has 0 N–H and O–H groups in total. The molecule has 11 aromatic rings. The van der Waals surface area contributed by atoms with E-state index in [-0.39, 0.29) is 44.0 Å². The minimum Gasteiger partial charge on any atom is -0.493 e. The van der Waals surface area contributed by atoms with Crippen molar-refractivity contribution < 1.29 is 21.1 Å². The zero-order chi connectivity index (χ0) is 53.2. The summed E-state index contributed by atoms with van der Waals surface area (Å²) in [4.78, 5) is 9.81. The molecule has 9 aromatic carbocycles. The number of hydrogen-bond acceptors (Lipinski definition) is 3. The van der Waals surface area contributed by atoms with E-state index in [0.29, 0.717) is 0 Å². The zero-order valence-electron chi connectivity index (χ0n) is 46.0. The van der Waals surface area contributed by atoms with Gasteiger partial charge < -0.3 is 14.4 Å². The number of aromatic nitrogens is 2. The van der Waals surface area contributed by atoms with Crippen LogP contribution in [-0.4, -0.2) is 16.3 Å². The van der Waals surface area contributed by atoms with Gasteiger partial charge in [-0.2, -0.15) is 41.3 Å². The van der Waals surface area contributed by atoms with Crippen LogP contribution in [0.25, 0.3) is 38.8 Å². The molecule has 4 nitrogen and oxygen atoms in total. The molecule has 3 heterocycles. The third-order valence-corrected chi connectivity index (χ3v) is 16.4. The summed E-state index contributed by atoms with van der Waals surface area (Å²) < 4.78 is 2.30. The van der Waals surface area contributed by atoms with Crippen molar-refractivity contribution >= 4 is 67.7 Å². The summed E-state index contributed by atoms with van der Waals surface area (Å²) in [5.41, 5.74) is 20.1. The molecule has 6 heteroatoms. The first kappa shape index (κ1) is 52.3. The summed E-state index contributed by atoms with van der Waals surface area (Å²) in [6, 6.07) is 86.0. The number of para-hydroxylation sites is 1. The Hall–Kier alpha value is -7.72. The first-order chi connectivity index (χ1) is 37.1. The molecule has 0 bridgehead atoms. The Morgan fingerprint density at radius 2 is 1.03 bits per heavy atom. The van der Waals surface area contributed by atoms with Gasteiger partial charge in [0.15, 0.2) is 6.71 Å². The number of aryl methyl sites for hydroxylation is 2. The Balaban J connectivity index is 0.00000645. The van der Waals surface area contributed by atoms with Gasteiger partial charge in [0.05, 0.1) is 0 Å². The van der Waals surface area contributed by atoms with E-state index < -0.39 is 0 Å². The first-order valence-electron chi connectivity index (χ1n) is 27.1. The summed E-state index contributed by atoms with van der Waals surface area (Å²) in [5, 5.41) is 2.31. The molecule has 78 heavy (non-hydrogen) atoms. The number of anilines is 4. The molecule has 0 unspecified atom stereocenters. The van der Waals surface area contributed by atoms with Crippen LogP contribution in [0.1, 0.15) is 87.4 Å². The maximum absolute atomic E-state index is 5.03. The second kappa shape index (κ2) is 20.6. The number of pyridine rings is 1. The molecule has 0 spiro atoms. The van der Waals surface area contributed by atoms with Crippen LogP contribution in [-0.2, 0) is 37.3 Å². The second-order valence-corrected chi connectivity index (χ2v) is 23.1. The van der Waals surface area contributed by atoms with E-state index in [1.165, 1.54) is 44.3 Å². The van der Waals surface area contributed by atoms with E-state index in [4.69, 9.17) is 4.98 Å². The van der Waals surface area contributed by atoms with Gasteiger partial charge in [-0.25, -0.2) is 4.98 Å². The maximum atomic E-state index is 5.03. The molecule has 388 valence electrons. The number of nitrogens with zero attached hydrogens (tertiary/aromatic N) is 4. The molecule has 1 aliphatic rings. The molecule has 2 aromatic heterocycles. The molecule has 0 fully saturated rings. The molecule has 0 amide bonds. The van der Waals surface area contributed by atoms with E-state index in [2.05, 4.69) is 308 Å². The predicted octanol–water partition coefficient (Wildman–Crippen LogP) is 15.9. The third kappa shape index (κ3) is 9.51. The fourth-order valence-corrected chi connectivity index (χ4v) is 11.5. The van der Waals surface area contributed by atoms with Crippen molar-refractivity contribution in [3.63, 3.8) is 0 Å². The molecular weight excluding hydrogens is 1130 g/mol. The Kier molecular flexibility index (Phi) is 13.8. The third-order valence-electron chi connectivity index (χ3n) is 16.4. The van der Waals surface area contributed by atoms with E-state index in [9.17, 15) is 0 Å². The summed E-state index contributed by atoms with van der Waals surface area (Å²) >= 11 is 0. The molecule has 0 saturated carbocycles. The number of hydrogen-bond donors (Lipinski definition) is 0. The minimum absolute atomic E-state index is 0. The Labute approximate surface area is 476 Å².